The Balaban J connectivity index is 1.77. The molecule has 1 aromatic carbocycles. The summed E-state index contributed by atoms with van der Waals surface area (Å²) in [4.78, 5) is 23.9. The molecule has 1 amide bonds. The molecule has 1 atom stereocenters. The Kier molecular flexibility index (Phi) is 4.23. The fourth-order valence-electron chi connectivity index (χ4n) is 2.64. The quantitative estimate of drug-likeness (QED) is 0.681. The average Bonchev–Trinajstić information content (AvgIpc) is 3.23. The van der Waals surface area contributed by atoms with Crippen molar-refractivity contribution in [1.29, 1.82) is 0 Å². The maximum atomic E-state index is 13.2. The molecule has 1 unspecified atom stereocenters. The standard InChI is InChI=1S/C18H15ClN4OS/c1-12-11-25-18(20-12)23(14-7-5-13(19)6-8-14)17(24)15-10-22-9-3-2-4-16(22)21-15/h2-10,12H,11H2,1H3. The summed E-state index contributed by atoms with van der Waals surface area (Å²) < 4.78 is 1.83. The lowest BCUT2D eigenvalue weighted by Gasteiger charge is -2.21. The number of carbonyl (C=O) groups excluding carboxylic acids is 1. The van der Waals surface area contributed by atoms with E-state index in [9.17, 15) is 4.79 Å². The number of benzene rings is 1. The molecule has 0 bridgehead atoms. The van der Waals surface area contributed by atoms with Crippen molar-refractivity contribution in [3.63, 3.8) is 0 Å². The highest BCUT2D eigenvalue weighted by Gasteiger charge is 2.29. The van der Waals surface area contributed by atoms with Gasteiger partial charge in [-0.3, -0.25) is 14.7 Å². The van der Waals surface area contributed by atoms with Crippen LogP contribution in [0.4, 0.5) is 5.69 Å². The van der Waals surface area contributed by atoms with Gasteiger partial charge in [-0.25, -0.2) is 4.98 Å². The van der Waals surface area contributed by atoms with Crippen molar-refractivity contribution < 1.29 is 4.79 Å². The van der Waals surface area contributed by atoms with Gasteiger partial charge in [-0.1, -0.05) is 29.4 Å². The van der Waals surface area contributed by atoms with Crippen molar-refractivity contribution in [2.75, 3.05) is 10.7 Å². The predicted molar refractivity (Wildman–Crippen MR) is 103 cm³/mol. The van der Waals surface area contributed by atoms with Gasteiger partial charge in [0.05, 0.1) is 11.7 Å². The van der Waals surface area contributed by atoms with Crippen LogP contribution in [0.2, 0.25) is 5.02 Å². The maximum Gasteiger partial charge on any atom is 0.284 e. The van der Waals surface area contributed by atoms with Crippen LogP contribution in [-0.2, 0) is 0 Å². The van der Waals surface area contributed by atoms with Gasteiger partial charge in [0.2, 0.25) is 0 Å². The molecule has 4 rings (SSSR count). The van der Waals surface area contributed by atoms with Crippen LogP contribution in [-0.4, -0.2) is 32.3 Å². The molecule has 1 aliphatic heterocycles. The van der Waals surface area contributed by atoms with Gasteiger partial charge in [0.1, 0.15) is 11.3 Å². The third-order valence-electron chi connectivity index (χ3n) is 3.85. The summed E-state index contributed by atoms with van der Waals surface area (Å²) in [5.41, 5.74) is 1.84. The van der Waals surface area contributed by atoms with E-state index in [2.05, 4.69) is 9.98 Å². The lowest BCUT2D eigenvalue weighted by molar-refractivity contribution is 0.0999. The molecule has 0 aliphatic carbocycles. The molecular formula is C18H15ClN4OS. The molecule has 25 heavy (non-hydrogen) atoms. The van der Waals surface area contributed by atoms with Crippen molar-refractivity contribution in [2.45, 2.75) is 13.0 Å². The lowest BCUT2D eigenvalue weighted by atomic mass is 10.2. The Morgan fingerprint density at radius 2 is 2.08 bits per heavy atom. The Hall–Kier alpha value is -2.31. The van der Waals surface area contributed by atoms with Crippen LogP contribution in [0.15, 0.2) is 59.9 Å². The van der Waals surface area contributed by atoms with E-state index in [0.717, 1.165) is 17.1 Å². The van der Waals surface area contributed by atoms with Gasteiger partial charge in [0.25, 0.3) is 5.91 Å². The smallest absolute Gasteiger partial charge is 0.284 e. The second kappa shape index (κ2) is 6.54. The number of thioether (sulfide) groups is 1. The van der Waals surface area contributed by atoms with Crippen molar-refractivity contribution in [2.24, 2.45) is 4.99 Å². The van der Waals surface area contributed by atoms with E-state index in [-0.39, 0.29) is 11.9 Å². The Morgan fingerprint density at radius 1 is 1.28 bits per heavy atom. The number of hydrogen-bond donors (Lipinski definition) is 0. The minimum Gasteiger partial charge on any atom is -0.306 e. The molecule has 0 fully saturated rings. The number of imidazole rings is 1. The first-order valence-corrected chi connectivity index (χ1v) is 9.22. The summed E-state index contributed by atoms with van der Waals surface area (Å²) in [6.07, 6.45) is 3.61. The number of aliphatic imine (C=N–C) groups is 1. The van der Waals surface area contributed by atoms with E-state index in [4.69, 9.17) is 11.6 Å². The number of amides is 1. The Labute approximate surface area is 154 Å². The van der Waals surface area contributed by atoms with Gasteiger partial charge in [0.15, 0.2) is 5.17 Å². The van der Waals surface area contributed by atoms with Crippen LogP contribution >= 0.6 is 23.4 Å². The van der Waals surface area contributed by atoms with Gasteiger partial charge < -0.3 is 4.40 Å². The topological polar surface area (TPSA) is 50.0 Å². The van der Waals surface area contributed by atoms with E-state index in [1.54, 1.807) is 35.0 Å². The summed E-state index contributed by atoms with van der Waals surface area (Å²) in [7, 11) is 0. The number of carbonyl (C=O) groups is 1. The van der Waals surface area contributed by atoms with E-state index < -0.39 is 0 Å². The normalized spacial score (nSPS) is 16.9. The van der Waals surface area contributed by atoms with Gasteiger partial charge in [0, 0.05) is 23.2 Å². The van der Waals surface area contributed by atoms with Gasteiger partial charge in [-0.05, 0) is 43.3 Å². The zero-order chi connectivity index (χ0) is 17.4. The highest BCUT2D eigenvalue weighted by atomic mass is 35.5. The molecular weight excluding hydrogens is 356 g/mol. The minimum atomic E-state index is -0.202. The molecule has 5 nitrogen and oxygen atoms in total. The SMILES string of the molecule is CC1CSC(N(C(=O)c2cn3ccccc3n2)c2ccc(Cl)cc2)=N1. The molecule has 0 saturated carbocycles. The van der Waals surface area contributed by atoms with Gasteiger partial charge in [-0.15, -0.1) is 0 Å². The molecule has 0 spiro atoms. The second-order valence-electron chi connectivity index (χ2n) is 5.78. The highest BCUT2D eigenvalue weighted by Crippen LogP contribution is 2.28. The number of anilines is 1. The number of nitrogens with zero attached hydrogens (tertiary/aromatic N) is 4. The monoisotopic (exact) mass is 370 g/mol. The predicted octanol–water partition coefficient (Wildman–Crippen LogP) is 4.13. The number of rotatable bonds is 2. The van der Waals surface area contributed by atoms with Crippen molar-refractivity contribution in [3.05, 3.63) is 65.6 Å². The molecule has 3 heterocycles. The number of amidine groups is 1. The largest absolute Gasteiger partial charge is 0.306 e. The van der Waals surface area contributed by atoms with Gasteiger partial charge >= 0.3 is 0 Å². The lowest BCUT2D eigenvalue weighted by Crippen LogP contribution is -2.35. The number of pyridine rings is 1. The summed E-state index contributed by atoms with van der Waals surface area (Å²) in [5, 5.41) is 1.31. The molecule has 126 valence electrons. The fraction of sp³-hybridized carbons (Fsp3) is 0.167. The first-order chi connectivity index (χ1) is 12.1. The molecule has 0 radical (unpaired) electrons. The maximum absolute atomic E-state index is 13.2. The average molecular weight is 371 g/mol. The van der Waals surface area contributed by atoms with Crippen LogP contribution in [0, 0.1) is 0 Å². The summed E-state index contributed by atoms with van der Waals surface area (Å²) >= 11 is 7.57. The summed E-state index contributed by atoms with van der Waals surface area (Å²) in [6, 6.07) is 13.0. The van der Waals surface area contributed by atoms with Crippen LogP contribution in [0.5, 0.6) is 0 Å². The molecule has 3 aromatic rings. The molecule has 1 aliphatic rings. The van der Waals surface area contributed by atoms with E-state index in [1.165, 1.54) is 0 Å². The first kappa shape index (κ1) is 16.2. The summed E-state index contributed by atoms with van der Waals surface area (Å²) in [6.45, 7) is 2.04. The second-order valence-corrected chi connectivity index (χ2v) is 7.20. The third-order valence-corrected chi connectivity index (χ3v) is 5.29. The van der Waals surface area contributed by atoms with Crippen LogP contribution in [0.1, 0.15) is 17.4 Å². The van der Waals surface area contributed by atoms with E-state index in [1.807, 2.05) is 47.9 Å². The van der Waals surface area contributed by atoms with Gasteiger partial charge in [-0.2, -0.15) is 0 Å². The molecule has 0 saturated heterocycles. The molecule has 2 aromatic heterocycles. The Bertz CT molecular complexity index is 934. The van der Waals surface area contributed by atoms with Crippen molar-refractivity contribution in [3.8, 4) is 0 Å². The van der Waals surface area contributed by atoms with Crippen LogP contribution in [0.25, 0.3) is 5.65 Å². The minimum absolute atomic E-state index is 0.184. The number of hydrogen-bond acceptors (Lipinski definition) is 4. The molecule has 7 heteroatoms. The van der Waals surface area contributed by atoms with E-state index in [0.29, 0.717) is 15.9 Å². The van der Waals surface area contributed by atoms with Crippen molar-refractivity contribution in [1.82, 2.24) is 9.38 Å². The van der Waals surface area contributed by atoms with Crippen LogP contribution in [0.3, 0.4) is 0 Å². The molecule has 0 N–H and O–H groups in total. The highest BCUT2D eigenvalue weighted by molar-refractivity contribution is 8.14. The number of halogens is 1. The third kappa shape index (κ3) is 3.15. The summed E-state index contributed by atoms with van der Waals surface area (Å²) in [5.74, 6) is 0.657. The van der Waals surface area contributed by atoms with Crippen LogP contribution < -0.4 is 4.90 Å². The number of aromatic nitrogens is 2. The number of fused-ring (bicyclic) bond motifs is 1. The Morgan fingerprint density at radius 3 is 2.76 bits per heavy atom. The fourth-order valence-corrected chi connectivity index (χ4v) is 3.80. The zero-order valence-corrected chi connectivity index (χ0v) is 15.0. The van der Waals surface area contributed by atoms with E-state index >= 15 is 0 Å². The van der Waals surface area contributed by atoms with Crippen molar-refractivity contribution >= 4 is 45.8 Å². The first-order valence-electron chi connectivity index (χ1n) is 7.86. The zero-order valence-electron chi connectivity index (χ0n) is 13.5.